The van der Waals surface area contributed by atoms with Crippen LogP contribution in [0.15, 0.2) is 16.5 Å². The lowest BCUT2D eigenvalue weighted by Crippen LogP contribution is -2.42. The first-order valence-corrected chi connectivity index (χ1v) is 4.55. The minimum absolute atomic E-state index is 0.0278. The van der Waals surface area contributed by atoms with Crippen LogP contribution in [0.4, 0.5) is 0 Å². The summed E-state index contributed by atoms with van der Waals surface area (Å²) in [4.78, 5) is 10.7. The number of carbonyl (C=O) groups is 1. The van der Waals surface area contributed by atoms with E-state index in [0.29, 0.717) is 18.8 Å². The van der Waals surface area contributed by atoms with E-state index in [4.69, 9.17) is 14.3 Å². The molecule has 2 rings (SSSR count). The number of rotatable bonds is 3. The summed E-state index contributed by atoms with van der Waals surface area (Å²) in [6, 6.07) is 3.61. The Bertz CT molecular complexity index is 349. The molecule has 1 unspecified atom stereocenters. The van der Waals surface area contributed by atoms with Gasteiger partial charge in [-0.1, -0.05) is 0 Å². The number of carboxylic acid groups (broad SMARTS) is 1. The van der Waals surface area contributed by atoms with Crippen LogP contribution < -0.4 is 0 Å². The normalized spacial score (nSPS) is 25.8. The van der Waals surface area contributed by atoms with Gasteiger partial charge in [-0.15, -0.1) is 0 Å². The van der Waals surface area contributed by atoms with Gasteiger partial charge in [-0.05, 0) is 19.1 Å². The van der Waals surface area contributed by atoms with Crippen molar-refractivity contribution >= 4 is 5.97 Å². The molecule has 4 nitrogen and oxygen atoms in total. The van der Waals surface area contributed by atoms with Gasteiger partial charge in [-0.3, -0.25) is 4.79 Å². The van der Waals surface area contributed by atoms with E-state index in [1.54, 1.807) is 6.07 Å². The molecule has 1 aliphatic heterocycles. The Hall–Kier alpha value is -1.29. The molecule has 1 aromatic heterocycles. The number of furan rings is 1. The summed E-state index contributed by atoms with van der Waals surface area (Å²) in [5.74, 6) is 0.544. The van der Waals surface area contributed by atoms with Crippen LogP contribution in [0.2, 0.25) is 0 Å². The maximum atomic E-state index is 10.7. The summed E-state index contributed by atoms with van der Waals surface area (Å²) in [5, 5.41) is 8.76. The van der Waals surface area contributed by atoms with Gasteiger partial charge in [0.2, 0.25) is 0 Å². The van der Waals surface area contributed by atoms with Crippen molar-refractivity contribution < 1.29 is 19.1 Å². The Labute approximate surface area is 81.5 Å². The topological polar surface area (TPSA) is 59.7 Å². The molecule has 2 heterocycles. The fraction of sp³-hybridized carbons (Fsp3) is 0.500. The Kier molecular flexibility index (Phi) is 2.07. The van der Waals surface area contributed by atoms with Crippen molar-refractivity contribution in [1.29, 1.82) is 0 Å². The standard InChI is InChI=1S/C10H12O4/c1-7-2-3-8(14-7)10(4-5-13-10)6-9(11)12/h2-3H,4-6H2,1H3,(H,11,12). The molecule has 1 atom stereocenters. The zero-order valence-electron chi connectivity index (χ0n) is 7.95. The zero-order valence-corrected chi connectivity index (χ0v) is 7.95. The number of aliphatic carboxylic acids is 1. The first-order chi connectivity index (χ1) is 6.62. The number of ether oxygens (including phenoxy) is 1. The van der Waals surface area contributed by atoms with Crippen molar-refractivity contribution in [2.75, 3.05) is 6.61 Å². The lowest BCUT2D eigenvalue weighted by Gasteiger charge is -2.38. The predicted octanol–water partition coefficient (Wildman–Crippen LogP) is 1.68. The summed E-state index contributed by atoms with van der Waals surface area (Å²) < 4.78 is 10.8. The molecule has 0 radical (unpaired) electrons. The second-order valence-electron chi connectivity index (χ2n) is 3.57. The number of aryl methyl sites for hydroxylation is 1. The molecule has 0 saturated carbocycles. The Morgan fingerprint density at radius 3 is 2.71 bits per heavy atom. The average molecular weight is 196 g/mol. The van der Waals surface area contributed by atoms with Crippen molar-refractivity contribution in [3.63, 3.8) is 0 Å². The molecule has 0 bridgehead atoms. The average Bonchev–Trinajstić information content (AvgIpc) is 2.44. The smallest absolute Gasteiger partial charge is 0.306 e. The highest BCUT2D eigenvalue weighted by Crippen LogP contribution is 2.41. The molecule has 14 heavy (non-hydrogen) atoms. The van der Waals surface area contributed by atoms with Crippen molar-refractivity contribution in [3.8, 4) is 0 Å². The lowest BCUT2D eigenvalue weighted by molar-refractivity contribution is -0.183. The molecule has 0 amide bonds. The quantitative estimate of drug-likeness (QED) is 0.798. The molecule has 0 spiro atoms. The minimum atomic E-state index is -0.862. The second-order valence-corrected chi connectivity index (χ2v) is 3.57. The van der Waals surface area contributed by atoms with Crippen LogP contribution in [0.5, 0.6) is 0 Å². The van der Waals surface area contributed by atoms with Gasteiger partial charge in [-0.2, -0.15) is 0 Å². The molecule has 1 fully saturated rings. The van der Waals surface area contributed by atoms with E-state index in [0.717, 1.165) is 5.76 Å². The van der Waals surface area contributed by atoms with Crippen molar-refractivity contribution in [2.45, 2.75) is 25.4 Å². The van der Waals surface area contributed by atoms with E-state index in [1.807, 2.05) is 13.0 Å². The van der Waals surface area contributed by atoms with E-state index < -0.39 is 11.6 Å². The van der Waals surface area contributed by atoms with E-state index in [1.165, 1.54) is 0 Å². The third kappa shape index (κ3) is 1.42. The Morgan fingerprint density at radius 1 is 1.64 bits per heavy atom. The molecule has 0 aliphatic carbocycles. The van der Waals surface area contributed by atoms with Crippen LogP contribution in [0.1, 0.15) is 24.4 Å². The van der Waals surface area contributed by atoms with Crippen molar-refractivity contribution in [2.24, 2.45) is 0 Å². The first-order valence-electron chi connectivity index (χ1n) is 4.55. The van der Waals surface area contributed by atoms with Crippen LogP contribution in [-0.2, 0) is 15.1 Å². The van der Waals surface area contributed by atoms with Gasteiger partial charge < -0.3 is 14.3 Å². The van der Waals surface area contributed by atoms with Gasteiger partial charge in [0.05, 0.1) is 13.0 Å². The third-order valence-electron chi connectivity index (χ3n) is 2.51. The molecular formula is C10H12O4. The third-order valence-corrected chi connectivity index (χ3v) is 2.51. The highest BCUT2D eigenvalue weighted by Gasteiger charge is 2.44. The van der Waals surface area contributed by atoms with E-state index in [9.17, 15) is 4.79 Å². The largest absolute Gasteiger partial charge is 0.481 e. The molecule has 4 heteroatoms. The maximum Gasteiger partial charge on any atom is 0.306 e. The van der Waals surface area contributed by atoms with Gasteiger partial charge in [0.15, 0.2) is 0 Å². The minimum Gasteiger partial charge on any atom is -0.481 e. The zero-order chi connectivity index (χ0) is 10.2. The van der Waals surface area contributed by atoms with Gasteiger partial charge in [-0.25, -0.2) is 0 Å². The number of hydrogen-bond acceptors (Lipinski definition) is 3. The highest BCUT2D eigenvalue weighted by atomic mass is 16.5. The maximum absolute atomic E-state index is 10.7. The van der Waals surface area contributed by atoms with E-state index >= 15 is 0 Å². The van der Waals surface area contributed by atoms with Gasteiger partial charge in [0, 0.05) is 6.42 Å². The molecular weight excluding hydrogens is 184 g/mol. The van der Waals surface area contributed by atoms with Crippen molar-refractivity contribution in [3.05, 3.63) is 23.7 Å². The summed E-state index contributed by atoms with van der Waals surface area (Å²) in [6.45, 7) is 2.43. The molecule has 76 valence electrons. The van der Waals surface area contributed by atoms with Gasteiger partial charge in [0.25, 0.3) is 0 Å². The molecule has 1 N–H and O–H groups in total. The van der Waals surface area contributed by atoms with E-state index in [-0.39, 0.29) is 6.42 Å². The molecule has 1 aromatic rings. The highest BCUT2D eigenvalue weighted by molar-refractivity contribution is 5.68. The summed E-state index contributed by atoms with van der Waals surface area (Å²) in [6.07, 6.45) is 0.687. The van der Waals surface area contributed by atoms with Gasteiger partial charge >= 0.3 is 5.97 Å². The lowest BCUT2D eigenvalue weighted by atomic mass is 9.88. The molecule has 1 aliphatic rings. The summed E-state index contributed by atoms with van der Waals surface area (Å²) in [5.41, 5.74) is -0.708. The fourth-order valence-electron chi connectivity index (χ4n) is 1.69. The van der Waals surface area contributed by atoms with Crippen LogP contribution in [0.25, 0.3) is 0 Å². The van der Waals surface area contributed by atoms with Crippen LogP contribution in [-0.4, -0.2) is 17.7 Å². The van der Waals surface area contributed by atoms with Crippen molar-refractivity contribution in [1.82, 2.24) is 0 Å². The van der Waals surface area contributed by atoms with Crippen LogP contribution in [0.3, 0.4) is 0 Å². The van der Waals surface area contributed by atoms with E-state index in [2.05, 4.69) is 0 Å². The monoisotopic (exact) mass is 196 g/mol. The predicted molar refractivity (Wildman–Crippen MR) is 47.9 cm³/mol. The molecule has 0 aromatic carbocycles. The second kappa shape index (κ2) is 3.13. The van der Waals surface area contributed by atoms with Crippen LogP contribution >= 0.6 is 0 Å². The Balaban J connectivity index is 2.24. The first kappa shape index (κ1) is 9.27. The summed E-state index contributed by atoms with van der Waals surface area (Å²) in [7, 11) is 0. The van der Waals surface area contributed by atoms with Gasteiger partial charge in [0.1, 0.15) is 17.1 Å². The SMILES string of the molecule is Cc1ccc(C2(CC(=O)O)CCO2)o1. The summed E-state index contributed by atoms with van der Waals surface area (Å²) >= 11 is 0. The number of carboxylic acids is 1. The molecule has 1 saturated heterocycles. The fourth-order valence-corrected chi connectivity index (χ4v) is 1.69. The van der Waals surface area contributed by atoms with Crippen LogP contribution in [0, 0.1) is 6.92 Å². The Morgan fingerprint density at radius 2 is 2.36 bits per heavy atom. The number of hydrogen-bond donors (Lipinski definition) is 1.